The van der Waals surface area contributed by atoms with Crippen molar-refractivity contribution in [3.8, 4) is 0 Å². The first-order chi connectivity index (χ1) is 30.9. The second-order valence-electron chi connectivity index (χ2n) is 19.8. The Morgan fingerprint density at radius 1 is 0.317 bits per heavy atom. The standard InChI is InChI=1S/C57H110O6/c1-5-8-10-12-14-16-18-20-22-23-24-26-28-34-38-42-46-50-57(60)63-54(51-61-55(58)48-44-40-36-32-27-25-21-19-17-15-13-11-9-6-2)52-62-56(59)49-45-41-37-33-30-29-31-35-39-43-47-53(4)7-3/h53-54H,5-52H2,1-4H3/t53?,54-/m0/s1. The Kier molecular flexibility index (Phi) is 50.1. The maximum absolute atomic E-state index is 12.8. The predicted molar refractivity (Wildman–Crippen MR) is 270 cm³/mol. The highest BCUT2D eigenvalue weighted by Gasteiger charge is 2.19. The van der Waals surface area contributed by atoms with Crippen LogP contribution in [0.1, 0.15) is 323 Å². The number of carbonyl (C=O) groups excluding carboxylic acids is 3. The van der Waals surface area contributed by atoms with Gasteiger partial charge in [-0.3, -0.25) is 14.4 Å². The van der Waals surface area contributed by atoms with Crippen LogP contribution in [0.2, 0.25) is 0 Å². The maximum atomic E-state index is 12.8. The van der Waals surface area contributed by atoms with E-state index in [0.29, 0.717) is 19.3 Å². The SMILES string of the molecule is CCCCCCCCCCCCCCCCCCCC(=O)O[C@@H](COC(=O)CCCCCCCCCCCCCCCC)COC(=O)CCCCCCCCCCCCC(C)CC. The van der Waals surface area contributed by atoms with E-state index < -0.39 is 6.10 Å². The molecule has 0 aliphatic heterocycles. The molecule has 0 aliphatic carbocycles. The van der Waals surface area contributed by atoms with E-state index in [1.165, 1.54) is 218 Å². The van der Waals surface area contributed by atoms with Gasteiger partial charge in [-0.15, -0.1) is 0 Å². The molecule has 0 N–H and O–H groups in total. The molecular weight excluding hydrogens is 781 g/mol. The molecule has 0 amide bonds. The highest BCUT2D eigenvalue weighted by Crippen LogP contribution is 2.18. The molecule has 2 atom stereocenters. The minimum Gasteiger partial charge on any atom is -0.462 e. The van der Waals surface area contributed by atoms with Crippen LogP contribution in [0.15, 0.2) is 0 Å². The van der Waals surface area contributed by atoms with Crippen molar-refractivity contribution in [1.29, 1.82) is 0 Å². The minimum absolute atomic E-state index is 0.0621. The molecule has 0 aromatic carbocycles. The largest absolute Gasteiger partial charge is 0.462 e. The molecule has 63 heavy (non-hydrogen) atoms. The highest BCUT2D eigenvalue weighted by molar-refractivity contribution is 5.71. The zero-order chi connectivity index (χ0) is 45.9. The molecule has 0 bridgehead atoms. The van der Waals surface area contributed by atoms with Crippen LogP contribution >= 0.6 is 0 Å². The lowest BCUT2D eigenvalue weighted by Gasteiger charge is -2.18. The first-order valence-electron chi connectivity index (χ1n) is 28.4. The van der Waals surface area contributed by atoms with E-state index in [-0.39, 0.29) is 31.1 Å². The van der Waals surface area contributed by atoms with Gasteiger partial charge in [0.05, 0.1) is 0 Å². The number of hydrogen-bond acceptors (Lipinski definition) is 6. The van der Waals surface area contributed by atoms with Gasteiger partial charge in [0.15, 0.2) is 6.10 Å². The molecule has 0 heterocycles. The number of carbonyl (C=O) groups is 3. The summed E-state index contributed by atoms with van der Waals surface area (Å²) in [5, 5.41) is 0. The number of rotatable bonds is 52. The minimum atomic E-state index is -0.761. The van der Waals surface area contributed by atoms with Crippen LogP contribution < -0.4 is 0 Å². The van der Waals surface area contributed by atoms with Gasteiger partial charge in [0.2, 0.25) is 0 Å². The Morgan fingerprint density at radius 2 is 0.556 bits per heavy atom. The van der Waals surface area contributed by atoms with Crippen LogP contribution in [0.5, 0.6) is 0 Å². The molecule has 0 radical (unpaired) electrons. The summed E-state index contributed by atoms with van der Waals surface area (Å²) in [6, 6.07) is 0. The van der Waals surface area contributed by atoms with Gasteiger partial charge in [0.1, 0.15) is 13.2 Å². The van der Waals surface area contributed by atoms with Gasteiger partial charge in [-0.2, -0.15) is 0 Å². The van der Waals surface area contributed by atoms with E-state index >= 15 is 0 Å². The first-order valence-corrected chi connectivity index (χ1v) is 28.4. The third-order valence-corrected chi connectivity index (χ3v) is 13.4. The Labute approximate surface area is 393 Å². The van der Waals surface area contributed by atoms with Crippen LogP contribution in [0, 0.1) is 5.92 Å². The summed E-state index contributed by atoms with van der Waals surface area (Å²) in [6.07, 6.45) is 55.1. The molecule has 0 aromatic rings. The number of ether oxygens (including phenoxy) is 3. The van der Waals surface area contributed by atoms with E-state index in [2.05, 4.69) is 27.7 Å². The fourth-order valence-corrected chi connectivity index (χ4v) is 8.72. The van der Waals surface area contributed by atoms with Gasteiger partial charge in [-0.25, -0.2) is 0 Å². The van der Waals surface area contributed by atoms with Crippen molar-refractivity contribution >= 4 is 17.9 Å². The molecule has 0 aliphatic rings. The number of hydrogen-bond donors (Lipinski definition) is 0. The van der Waals surface area contributed by atoms with Crippen molar-refractivity contribution in [3.63, 3.8) is 0 Å². The van der Waals surface area contributed by atoms with E-state index in [4.69, 9.17) is 14.2 Å². The van der Waals surface area contributed by atoms with Gasteiger partial charge >= 0.3 is 17.9 Å². The zero-order valence-corrected chi connectivity index (χ0v) is 43.0. The number of esters is 3. The molecule has 0 rings (SSSR count). The van der Waals surface area contributed by atoms with Crippen LogP contribution in [0.4, 0.5) is 0 Å². The van der Waals surface area contributed by atoms with Gasteiger partial charge in [0.25, 0.3) is 0 Å². The summed E-state index contributed by atoms with van der Waals surface area (Å²) in [5.74, 6) is 0.0325. The van der Waals surface area contributed by atoms with Crippen molar-refractivity contribution in [1.82, 2.24) is 0 Å². The monoisotopic (exact) mass is 891 g/mol. The second-order valence-corrected chi connectivity index (χ2v) is 19.8. The third kappa shape index (κ3) is 49.7. The average Bonchev–Trinajstić information content (AvgIpc) is 3.28. The van der Waals surface area contributed by atoms with Crippen molar-refractivity contribution in [3.05, 3.63) is 0 Å². The van der Waals surface area contributed by atoms with Crippen molar-refractivity contribution in [2.75, 3.05) is 13.2 Å². The predicted octanol–water partition coefficient (Wildman–Crippen LogP) is 18.6. The Balaban J connectivity index is 4.31. The lowest BCUT2D eigenvalue weighted by Crippen LogP contribution is -2.30. The molecule has 0 aromatic heterocycles. The molecule has 0 saturated carbocycles. The molecular formula is C57H110O6. The lowest BCUT2D eigenvalue weighted by molar-refractivity contribution is -0.167. The Bertz CT molecular complexity index is 951. The molecule has 6 heteroatoms. The van der Waals surface area contributed by atoms with Crippen molar-refractivity contribution in [2.45, 2.75) is 329 Å². The summed E-state index contributed by atoms with van der Waals surface area (Å²) in [6.45, 7) is 9.07. The normalized spacial score (nSPS) is 12.4. The van der Waals surface area contributed by atoms with Crippen LogP contribution in [0.25, 0.3) is 0 Å². The van der Waals surface area contributed by atoms with Crippen LogP contribution in [0.3, 0.4) is 0 Å². The molecule has 6 nitrogen and oxygen atoms in total. The second kappa shape index (κ2) is 51.4. The fraction of sp³-hybridized carbons (Fsp3) is 0.947. The lowest BCUT2D eigenvalue weighted by atomic mass is 9.99. The summed E-state index contributed by atoms with van der Waals surface area (Å²) >= 11 is 0. The molecule has 0 fully saturated rings. The zero-order valence-electron chi connectivity index (χ0n) is 43.0. The van der Waals surface area contributed by atoms with Crippen LogP contribution in [-0.2, 0) is 28.6 Å². The van der Waals surface area contributed by atoms with Gasteiger partial charge in [-0.1, -0.05) is 285 Å². The summed E-state index contributed by atoms with van der Waals surface area (Å²) < 4.78 is 16.9. The Morgan fingerprint density at radius 3 is 0.825 bits per heavy atom. The average molecular weight is 892 g/mol. The summed E-state index contributed by atoms with van der Waals surface area (Å²) in [5.41, 5.74) is 0. The first kappa shape index (κ1) is 61.4. The Hall–Kier alpha value is -1.59. The summed E-state index contributed by atoms with van der Waals surface area (Å²) in [4.78, 5) is 38.1. The van der Waals surface area contributed by atoms with Gasteiger partial charge < -0.3 is 14.2 Å². The van der Waals surface area contributed by atoms with Gasteiger partial charge in [0, 0.05) is 19.3 Å². The van der Waals surface area contributed by atoms with Crippen molar-refractivity contribution in [2.24, 2.45) is 5.92 Å². The topological polar surface area (TPSA) is 78.9 Å². The summed E-state index contributed by atoms with van der Waals surface area (Å²) in [7, 11) is 0. The van der Waals surface area contributed by atoms with Gasteiger partial charge in [-0.05, 0) is 25.2 Å². The van der Waals surface area contributed by atoms with E-state index in [9.17, 15) is 14.4 Å². The van der Waals surface area contributed by atoms with E-state index in [1.54, 1.807) is 0 Å². The maximum Gasteiger partial charge on any atom is 0.306 e. The third-order valence-electron chi connectivity index (χ3n) is 13.4. The van der Waals surface area contributed by atoms with E-state index in [1.807, 2.05) is 0 Å². The number of unbranched alkanes of at least 4 members (excludes halogenated alkanes) is 38. The molecule has 374 valence electrons. The highest BCUT2D eigenvalue weighted by atomic mass is 16.6. The van der Waals surface area contributed by atoms with Crippen LogP contribution in [-0.4, -0.2) is 37.2 Å². The smallest absolute Gasteiger partial charge is 0.306 e. The quantitative estimate of drug-likeness (QED) is 0.0344. The molecule has 0 saturated heterocycles. The molecule has 1 unspecified atom stereocenters. The van der Waals surface area contributed by atoms with Crippen molar-refractivity contribution < 1.29 is 28.6 Å². The fourth-order valence-electron chi connectivity index (χ4n) is 8.72. The molecule has 0 spiro atoms. The van der Waals surface area contributed by atoms with E-state index in [0.717, 1.165) is 63.7 Å².